The van der Waals surface area contributed by atoms with Crippen molar-refractivity contribution < 1.29 is 14.6 Å². The van der Waals surface area contributed by atoms with E-state index in [1.807, 2.05) is 31.2 Å². The van der Waals surface area contributed by atoms with Crippen LogP contribution in [0.4, 0.5) is 0 Å². The van der Waals surface area contributed by atoms with Gasteiger partial charge in [-0.05, 0) is 37.6 Å². The van der Waals surface area contributed by atoms with Gasteiger partial charge in [-0.15, -0.1) is 0 Å². The number of aliphatic carboxylic acids is 1. The van der Waals surface area contributed by atoms with E-state index in [1.54, 1.807) is 14.0 Å². The fourth-order valence-electron chi connectivity index (χ4n) is 1.63. The van der Waals surface area contributed by atoms with Crippen LogP contribution in [0, 0.1) is 5.92 Å². The Bertz CT molecular complexity index is 375. The molecular weight excluding hydrogens is 230 g/mol. The summed E-state index contributed by atoms with van der Waals surface area (Å²) in [4.78, 5) is 10.8. The molecule has 0 radical (unpaired) electrons. The third-order valence-corrected chi connectivity index (χ3v) is 3.18. The Hall–Kier alpha value is -1.55. The molecule has 2 N–H and O–H groups in total. The van der Waals surface area contributed by atoms with E-state index in [4.69, 9.17) is 9.84 Å². The second-order valence-corrected chi connectivity index (χ2v) is 4.47. The zero-order chi connectivity index (χ0) is 13.5. The highest BCUT2D eigenvalue weighted by molar-refractivity contribution is 5.70. The molecule has 100 valence electrons. The molecule has 0 heterocycles. The van der Waals surface area contributed by atoms with Gasteiger partial charge in [-0.2, -0.15) is 0 Å². The van der Waals surface area contributed by atoms with Crippen molar-refractivity contribution in [2.24, 2.45) is 5.92 Å². The minimum Gasteiger partial charge on any atom is -0.497 e. The van der Waals surface area contributed by atoms with Crippen molar-refractivity contribution >= 4 is 5.97 Å². The zero-order valence-electron chi connectivity index (χ0n) is 11.1. The molecule has 0 spiro atoms. The van der Waals surface area contributed by atoms with Crippen LogP contribution in [0.1, 0.15) is 19.4 Å². The van der Waals surface area contributed by atoms with Crippen LogP contribution in [0.25, 0.3) is 0 Å². The molecule has 1 rings (SSSR count). The largest absolute Gasteiger partial charge is 0.497 e. The third kappa shape index (κ3) is 4.37. The lowest BCUT2D eigenvalue weighted by Crippen LogP contribution is -2.37. The maximum atomic E-state index is 10.8. The van der Waals surface area contributed by atoms with Crippen molar-refractivity contribution in [2.75, 3.05) is 13.7 Å². The number of hydrogen-bond acceptors (Lipinski definition) is 3. The van der Waals surface area contributed by atoms with Gasteiger partial charge in [-0.3, -0.25) is 4.79 Å². The number of carboxylic acids is 1. The summed E-state index contributed by atoms with van der Waals surface area (Å²) in [6, 6.07) is 7.87. The van der Waals surface area contributed by atoms with Crippen LogP contribution in [-0.4, -0.2) is 30.8 Å². The van der Waals surface area contributed by atoms with Gasteiger partial charge < -0.3 is 15.2 Å². The maximum absolute atomic E-state index is 10.8. The standard InChI is InChI=1S/C14H21NO3/c1-10(14(16)17)11(2)15-9-8-12-4-6-13(18-3)7-5-12/h4-7,10-11,15H,8-9H2,1-3H3,(H,16,17). The summed E-state index contributed by atoms with van der Waals surface area (Å²) in [7, 11) is 1.64. The highest BCUT2D eigenvalue weighted by Gasteiger charge is 2.18. The molecular formula is C14H21NO3. The summed E-state index contributed by atoms with van der Waals surface area (Å²) >= 11 is 0. The zero-order valence-corrected chi connectivity index (χ0v) is 11.1. The van der Waals surface area contributed by atoms with Crippen LogP contribution < -0.4 is 10.1 Å². The number of ether oxygens (including phenoxy) is 1. The number of carboxylic acid groups (broad SMARTS) is 1. The Balaban J connectivity index is 2.34. The van der Waals surface area contributed by atoms with E-state index in [1.165, 1.54) is 5.56 Å². The van der Waals surface area contributed by atoms with Crippen LogP contribution in [0.3, 0.4) is 0 Å². The summed E-state index contributed by atoms with van der Waals surface area (Å²) in [6.45, 7) is 4.38. The minimum absolute atomic E-state index is 0.0271. The Morgan fingerprint density at radius 2 is 1.94 bits per heavy atom. The van der Waals surface area contributed by atoms with E-state index in [0.717, 1.165) is 18.7 Å². The minimum atomic E-state index is -0.764. The second kappa shape index (κ2) is 7.01. The molecule has 0 aromatic heterocycles. The van der Waals surface area contributed by atoms with Gasteiger partial charge in [-0.25, -0.2) is 0 Å². The first-order valence-corrected chi connectivity index (χ1v) is 6.13. The predicted octanol–water partition coefficient (Wildman–Crippen LogP) is 1.94. The van der Waals surface area contributed by atoms with E-state index < -0.39 is 5.97 Å². The van der Waals surface area contributed by atoms with Gasteiger partial charge in [0.25, 0.3) is 0 Å². The predicted molar refractivity (Wildman–Crippen MR) is 71.0 cm³/mol. The fourth-order valence-corrected chi connectivity index (χ4v) is 1.63. The Morgan fingerprint density at radius 3 is 2.44 bits per heavy atom. The molecule has 18 heavy (non-hydrogen) atoms. The molecule has 0 amide bonds. The molecule has 2 atom stereocenters. The van der Waals surface area contributed by atoms with Crippen LogP contribution in [-0.2, 0) is 11.2 Å². The highest BCUT2D eigenvalue weighted by atomic mass is 16.5. The maximum Gasteiger partial charge on any atom is 0.307 e. The number of methoxy groups -OCH3 is 1. The Kier molecular flexibility index (Phi) is 5.65. The molecule has 0 aliphatic rings. The lowest BCUT2D eigenvalue weighted by atomic mass is 10.0. The molecule has 4 nitrogen and oxygen atoms in total. The number of rotatable bonds is 7. The van der Waals surface area contributed by atoms with Crippen LogP contribution in [0.2, 0.25) is 0 Å². The van der Waals surface area contributed by atoms with Crippen molar-refractivity contribution in [3.63, 3.8) is 0 Å². The van der Waals surface area contributed by atoms with E-state index in [0.29, 0.717) is 0 Å². The van der Waals surface area contributed by atoms with Crippen LogP contribution in [0.15, 0.2) is 24.3 Å². The summed E-state index contributed by atoms with van der Waals surface area (Å²) in [5, 5.41) is 12.1. The molecule has 0 bridgehead atoms. The van der Waals surface area contributed by atoms with Gasteiger partial charge >= 0.3 is 5.97 Å². The summed E-state index contributed by atoms with van der Waals surface area (Å²) in [6.07, 6.45) is 0.876. The smallest absolute Gasteiger partial charge is 0.307 e. The first-order chi connectivity index (χ1) is 8.54. The van der Waals surface area contributed by atoms with E-state index in [-0.39, 0.29) is 12.0 Å². The van der Waals surface area contributed by atoms with Crippen molar-refractivity contribution in [3.05, 3.63) is 29.8 Å². The first-order valence-electron chi connectivity index (χ1n) is 6.13. The van der Waals surface area contributed by atoms with Gasteiger partial charge in [-0.1, -0.05) is 19.1 Å². The number of hydrogen-bond donors (Lipinski definition) is 2. The first kappa shape index (κ1) is 14.5. The molecule has 0 aliphatic heterocycles. The van der Waals surface area contributed by atoms with E-state index >= 15 is 0 Å². The van der Waals surface area contributed by atoms with Gasteiger partial charge in [0.2, 0.25) is 0 Å². The number of carbonyl (C=O) groups is 1. The summed E-state index contributed by atoms with van der Waals surface area (Å²) < 4.78 is 5.09. The van der Waals surface area contributed by atoms with E-state index in [9.17, 15) is 4.79 Å². The van der Waals surface area contributed by atoms with Crippen molar-refractivity contribution in [1.29, 1.82) is 0 Å². The Labute approximate surface area is 108 Å². The Morgan fingerprint density at radius 1 is 1.33 bits per heavy atom. The second-order valence-electron chi connectivity index (χ2n) is 4.47. The molecule has 0 saturated carbocycles. The van der Waals surface area contributed by atoms with Crippen LogP contribution in [0.5, 0.6) is 5.75 Å². The average Bonchev–Trinajstić information content (AvgIpc) is 2.38. The lowest BCUT2D eigenvalue weighted by molar-refractivity contribution is -0.141. The topological polar surface area (TPSA) is 58.6 Å². The molecule has 0 fully saturated rings. The lowest BCUT2D eigenvalue weighted by Gasteiger charge is -2.17. The fraction of sp³-hybridized carbons (Fsp3) is 0.500. The molecule has 4 heteroatoms. The van der Waals surface area contributed by atoms with Gasteiger partial charge in [0.05, 0.1) is 13.0 Å². The van der Waals surface area contributed by atoms with Gasteiger partial charge in [0.15, 0.2) is 0 Å². The summed E-state index contributed by atoms with van der Waals surface area (Å²) in [5.74, 6) is -0.292. The molecule has 1 aromatic carbocycles. The number of nitrogens with one attached hydrogen (secondary N) is 1. The van der Waals surface area contributed by atoms with Crippen LogP contribution >= 0.6 is 0 Å². The van der Waals surface area contributed by atoms with Gasteiger partial charge in [0.1, 0.15) is 5.75 Å². The SMILES string of the molecule is COc1ccc(CCNC(C)C(C)C(=O)O)cc1. The highest BCUT2D eigenvalue weighted by Crippen LogP contribution is 2.11. The quantitative estimate of drug-likeness (QED) is 0.777. The third-order valence-electron chi connectivity index (χ3n) is 3.18. The summed E-state index contributed by atoms with van der Waals surface area (Å²) in [5.41, 5.74) is 1.21. The molecule has 0 saturated heterocycles. The van der Waals surface area contributed by atoms with Crippen molar-refractivity contribution in [1.82, 2.24) is 5.32 Å². The average molecular weight is 251 g/mol. The van der Waals surface area contributed by atoms with E-state index in [2.05, 4.69) is 5.32 Å². The molecule has 0 aliphatic carbocycles. The van der Waals surface area contributed by atoms with Crippen molar-refractivity contribution in [3.8, 4) is 5.75 Å². The monoisotopic (exact) mass is 251 g/mol. The van der Waals surface area contributed by atoms with Gasteiger partial charge in [0, 0.05) is 6.04 Å². The molecule has 2 unspecified atom stereocenters. The molecule has 1 aromatic rings. The normalized spacial score (nSPS) is 13.9. The number of benzene rings is 1. The van der Waals surface area contributed by atoms with Crippen molar-refractivity contribution in [2.45, 2.75) is 26.3 Å².